The first-order valence-electron chi connectivity index (χ1n) is 9.75. The lowest BCUT2D eigenvalue weighted by Gasteiger charge is -2.39. The molecule has 1 saturated heterocycles. The Morgan fingerprint density at radius 2 is 2.08 bits per heavy atom. The Labute approximate surface area is 160 Å². The molecular weight excluding hydrogens is 344 g/mol. The first kappa shape index (κ1) is 18.0. The minimum atomic E-state index is 0.0893. The van der Waals surface area contributed by atoms with E-state index in [2.05, 4.69) is 12.1 Å². The number of nitrogens with two attached hydrogens (primary N) is 1. The maximum absolute atomic E-state index is 6.24. The van der Waals surface area contributed by atoms with Crippen LogP contribution in [0.5, 0.6) is 0 Å². The van der Waals surface area contributed by atoms with E-state index in [1.807, 2.05) is 30.5 Å². The molecule has 2 heterocycles. The summed E-state index contributed by atoms with van der Waals surface area (Å²) >= 11 is 6.23. The van der Waals surface area contributed by atoms with Crippen LogP contribution >= 0.6 is 11.6 Å². The van der Waals surface area contributed by atoms with Gasteiger partial charge in [0.05, 0.1) is 5.60 Å². The molecule has 138 valence electrons. The number of halogens is 1. The number of hydrogen-bond acceptors (Lipinski definition) is 3. The monoisotopic (exact) mass is 370 g/mol. The second kappa shape index (κ2) is 7.67. The Bertz CT molecular complexity index is 757. The quantitative estimate of drug-likeness (QED) is 0.820. The molecule has 3 nitrogen and oxygen atoms in total. The zero-order chi connectivity index (χ0) is 18.0. The van der Waals surface area contributed by atoms with Gasteiger partial charge in [-0.05, 0) is 55.0 Å². The van der Waals surface area contributed by atoms with Crippen molar-refractivity contribution in [2.75, 3.05) is 13.2 Å². The third-order valence-corrected chi connectivity index (χ3v) is 6.36. The summed E-state index contributed by atoms with van der Waals surface area (Å²) in [5.74, 6) is 0.575. The van der Waals surface area contributed by atoms with Crippen molar-refractivity contribution in [1.29, 1.82) is 0 Å². The highest BCUT2D eigenvalue weighted by Gasteiger charge is 2.41. The number of aromatic nitrogens is 1. The standard InChI is InChI=1S/C22H27ClN2O/c23-18-6-3-5-16(13-18)20(15-24)19-7-4-11-25-21(19)17-8-12-26-22(14-17)9-1-2-10-22/h3-7,11,13,17,20H,1-2,8-10,12,14-15,24H2. The Balaban J connectivity index is 1.68. The zero-order valence-corrected chi connectivity index (χ0v) is 15.9. The third kappa shape index (κ3) is 3.53. The second-order valence-corrected chi connectivity index (χ2v) is 8.19. The van der Waals surface area contributed by atoms with Crippen molar-refractivity contribution in [2.24, 2.45) is 5.73 Å². The Morgan fingerprint density at radius 3 is 2.85 bits per heavy atom. The van der Waals surface area contributed by atoms with Crippen molar-refractivity contribution in [2.45, 2.75) is 56.0 Å². The summed E-state index contributed by atoms with van der Waals surface area (Å²) in [7, 11) is 0. The fourth-order valence-corrected chi connectivity index (χ4v) is 5.06. The molecule has 2 aromatic rings. The molecule has 2 N–H and O–H groups in total. The molecule has 26 heavy (non-hydrogen) atoms. The number of benzene rings is 1. The van der Waals surface area contributed by atoms with Gasteiger partial charge in [0.1, 0.15) is 0 Å². The number of nitrogens with zero attached hydrogens (tertiary/aromatic N) is 1. The summed E-state index contributed by atoms with van der Waals surface area (Å²) in [5, 5.41) is 0.752. The number of pyridine rings is 1. The lowest BCUT2D eigenvalue weighted by molar-refractivity contribution is -0.0810. The fraction of sp³-hybridized carbons (Fsp3) is 0.500. The maximum atomic E-state index is 6.24. The van der Waals surface area contributed by atoms with Crippen LogP contribution in [-0.2, 0) is 4.74 Å². The van der Waals surface area contributed by atoms with Crippen LogP contribution in [0.15, 0.2) is 42.6 Å². The summed E-state index contributed by atoms with van der Waals surface area (Å²) in [6.45, 7) is 1.39. The van der Waals surface area contributed by atoms with E-state index in [9.17, 15) is 0 Å². The van der Waals surface area contributed by atoms with Crippen LogP contribution in [-0.4, -0.2) is 23.7 Å². The summed E-state index contributed by atoms with van der Waals surface area (Å²) in [6, 6.07) is 12.3. The van der Waals surface area contributed by atoms with Crippen molar-refractivity contribution in [3.05, 3.63) is 64.4 Å². The Kier molecular flexibility index (Phi) is 5.30. The number of hydrogen-bond donors (Lipinski definition) is 1. The maximum Gasteiger partial charge on any atom is 0.0689 e. The van der Waals surface area contributed by atoms with E-state index >= 15 is 0 Å². The van der Waals surface area contributed by atoms with Crippen LogP contribution in [0.4, 0.5) is 0 Å². The highest BCUT2D eigenvalue weighted by atomic mass is 35.5. The van der Waals surface area contributed by atoms with Crippen molar-refractivity contribution in [3.63, 3.8) is 0 Å². The molecule has 0 bridgehead atoms. The van der Waals surface area contributed by atoms with Gasteiger partial charge in [-0.25, -0.2) is 0 Å². The number of ether oxygens (including phenoxy) is 1. The zero-order valence-electron chi connectivity index (χ0n) is 15.2. The molecule has 1 saturated carbocycles. The molecule has 4 rings (SSSR count). The first-order chi connectivity index (χ1) is 12.7. The van der Waals surface area contributed by atoms with Crippen molar-refractivity contribution < 1.29 is 4.74 Å². The molecule has 2 fully saturated rings. The smallest absolute Gasteiger partial charge is 0.0689 e. The Hall–Kier alpha value is -1.42. The van der Waals surface area contributed by atoms with E-state index in [4.69, 9.17) is 27.1 Å². The normalized spacial score (nSPS) is 23.2. The van der Waals surface area contributed by atoms with Crippen molar-refractivity contribution in [1.82, 2.24) is 4.98 Å². The molecule has 1 aliphatic carbocycles. The van der Waals surface area contributed by atoms with E-state index in [0.29, 0.717) is 12.5 Å². The van der Waals surface area contributed by atoms with Gasteiger partial charge in [0, 0.05) is 41.9 Å². The van der Waals surface area contributed by atoms with Gasteiger partial charge in [0.15, 0.2) is 0 Å². The van der Waals surface area contributed by atoms with Crippen LogP contribution in [0.1, 0.15) is 67.2 Å². The highest BCUT2D eigenvalue weighted by Crippen LogP contribution is 2.46. The van der Waals surface area contributed by atoms with E-state index < -0.39 is 0 Å². The van der Waals surface area contributed by atoms with Crippen molar-refractivity contribution in [3.8, 4) is 0 Å². The predicted octanol–water partition coefficient (Wildman–Crippen LogP) is 5.03. The van der Waals surface area contributed by atoms with Crippen LogP contribution in [0, 0.1) is 0 Å². The molecule has 0 radical (unpaired) electrons. The second-order valence-electron chi connectivity index (χ2n) is 7.75. The van der Waals surface area contributed by atoms with Crippen molar-refractivity contribution >= 4 is 11.6 Å². The SMILES string of the molecule is NCC(c1cccc(Cl)c1)c1cccnc1C1CCOC2(CCCC2)C1. The minimum Gasteiger partial charge on any atom is -0.375 e. The van der Waals surface area contributed by atoms with Gasteiger partial charge in [-0.2, -0.15) is 0 Å². The molecule has 4 heteroatoms. The van der Waals surface area contributed by atoms with Crippen LogP contribution in [0.3, 0.4) is 0 Å². The van der Waals surface area contributed by atoms with Gasteiger partial charge in [-0.15, -0.1) is 0 Å². The van der Waals surface area contributed by atoms with Gasteiger partial charge >= 0.3 is 0 Å². The van der Waals surface area contributed by atoms with Gasteiger partial charge in [-0.1, -0.05) is 42.6 Å². The fourth-order valence-electron chi connectivity index (χ4n) is 4.86. The third-order valence-electron chi connectivity index (χ3n) is 6.13. The van der Waals surface area contributed by atoms with Gasteiger partial charge in [0.25, 0.3) is 0 Å². The van der Waals surface area contributed by atoms with Crippen LogP contribution in [0.25, 0.3) is 0 Å². The van der Waals surface area contributed by atoms with E-state index in [1.54, 1.807) is 0 Å². The van der Waals surface area contributed by atoms with Gasteiger partial charge in [-0.3, -0.25) is 4.98 Å². The highest BCUT2D eigenvalue weighted by molar-refractivity contribution is 6.30. The lowest BCUT2D eigenvalue weighted by Crippen LogP contribution is -2.37. The minimum absolute atomic E-state index is 0.0893. The molecule has 2 aliphatic rings. The summed E-state index contributed by atoms with van der Waals surface area (Å²) in [5.41, 5.74) is 9.91. The van der Waals surface area contributed by atoms with Gasteiger partial charge in [0.2, 0.25) is 0 Å². The average molecular weight is 371 g/mol. The van der Waals surface area contributed by atoms with Gasteiger partial charge < -0.3 is 10.5 Å². The molecule has 1 aromatic heterocycles. The molecule has 0 amide bonds. The molecule has 1 aromatic carbocycles. The number of rotatable bonds is 4. The largest absolute Gasteiger partial charge is 0.375 e. The summed E-state index contributed by atoms with van der Waals surface area (Å²) < 4.78 is 6.24. The van der Waals surface area contributed by atoms with Crippen LogP contribution < -0.4 is 5.73 Å². The lowest BCUT2D eigenvalue weighted by atomic mass is 9.79. The average Bonchev–Trinajstić information content (AvgIpc) is 3.10. The molecule has 1 aliphatic heterocycles. The molecular formula is C22H27ClN2O. The predicted molar refractivity (Wildman–Crippen MR) is 106 cm³/mol. The Morgan fingerprint density at radius 1 is 1.23 bits per heavy atom. The molecule has 1 spiro atoms. The topological polar surface area (TPSA) is 48.1 Å². The summed E-state index contributed by atoms with van der Waals surface area (Å²) in [6.07, 6.45) is 9.01. The summed E-state index contributed by atoms with van der Waals surface area (Å²) in [4.78, 5) is 4.83. The molecule has 2 unspecified atom stereocenters. The molecule has 2 atom stereocenters. The van der Waals surface area contributed by atoms with Crippen LogP contribution in [0.2, 0.25) is 5.02 Å². The van der Waals surface area contributed by atoms with E-state index in [0.717, 1.165) is 30.0 Å². The first-order valence-corrected chi connectivity index (χ1v) is 10.1. The van der Waals surface area contributed by atoms with E-state index in [1.165, 1.54) is 36.9 Å². The van der Waals surface area contributed by atoms with E-state index in [-0.39, 0.29) is 11.5 Å².